The first-order valence-electron chi connectivity index (χ1n) is 5.07. The van der Waals surface area contributed by atoms with Crippen molar-refractivity contribution < 1.29 is 4.79 Å². The van der Waals surface area contributed by atoms with Crippen LogP contribution in [0.3, 0.4) is 0 Å². The van der Waals surface area contributed by atoms with Gasteiger partial charge in [0.2, 0.25) is 5.91 Å². The third-order valence-corrected chi connectivity index (χ3v) is 3.72. The molecular formula is C11H12Cl2N2O. The van der Waals surface area contributed by atoms with Crippen LogP contribution < -0.4 is 11.1 Å². The molecular weight excluding hydrogens is 247 g/mol. The third kappa shape index (κ3) is 2.03. The average molecular weight is 259 g/mol. The summed E-state index contributed by atoms with van der Waals surface area (Å²) >= 11 is 11.8. The van der Waals surface area contributed by atoms with E-state index in [1.807, 2.05) is 0 Å². The van der Waals surface area contributed by atoms with Crippen LogP contribution in [0.5, 0.6) is 0 Å². The molecule has 0 heterocycles. The van der Waals surface area contributed by atoms with Gasteiger partial charge in [-0.2, -0.15) is 0 Å². The van der Waals surface area contributed by atoms with E-state index in [0.29, 0.717) is 15.7 Å². The molecule has 1 aromatic rings. The second-order valence-electron chi connectivity index (χ2n) is 4.07. The Morgan fingerprint density at radius 3 is 2.62 bits per heavy atom. The zero-order valence-electron chi connectivity index (χ0n) is 8.59. The van der Waals surface area contributed by atoms with E-state index >= 15 is 0 Å². The topological polar surface area (TPSA) is 55.1 Å². The van der Waals surface area contributed by atoms with Crippen LogP contribution in [0.2, 0.25) is 10.0 Å². The fourth-order valence-corrected chi connectivity index (χ4v) is 1.98. The lowest BCUT2D eigenvalue weighted by atomic mass is 9.77. The largest absolute Gasteiger partial charge is 0.323 e. The molecule has 0 unspecified atom stereocenters. The van der Waals surface area contributed by atoms with Crippen molar-refractivity contribution in [3.63, 3.8) is 0 Å². The van der Waals surface area contributed by atoms with E-state index in [-0.39, 0.29) is 5.91 Å². The fraction of sp³-hybridized carbons (Fsp3) is 0.364. The van der Waals surface area contributed by atoms with Crippen LogP contribution in [0.25, 0.3) is 0 Å². The Morgan fingerprint density at radius 1 is 1.38 bits per heavy atom. The molecule has 1 aromatic carbocycles. The van der Waals surface area contributed by atoms with Gasteiger partial charge in [0.15, 0.2) is 0 Å². The quantitative estimate of drug-likeness (QED) is 0.858. The molecule has 1 saturated carbocycles. The maximum atomic E-state index is 11.8. The molecule has 3 N–H and O–H groups in total. The Labute approximate surface area is 104 Å². The first kappa shape index (κ1) is 11.7. The highest BCUT2D eigenvalue weighted by Gasteiger charge is 2.40. The van der Waals surface area contributed by atoms with Gasteiger partial charge in [0, 0.05) is 0 Å². The van der Waals surface area contributed by atoms with Crippen LogP contribution in [0.1, 0.15) is 19.3 Å². The Morgan fingerprint density at radius 2 is 2.06 bits per heavy atom. The number of carbonyl (C=O) groups is 1. The van der Waals surface area contributed by atoms with Gasteiger partial charge in [0.05, 0.1) is 21.3 Å². The number of carbonyl (C=O) groups excluding carboxylic acids is 1. The highest BCUT2D eigenvalue weighted by molar-refractivity contribution is 6.44. The zero-order chi connectivity index (χ0) is 11.8. The van der Waals surface area contributed by atoms with Crippen LogP contribution >= 0.6 is 23.2 Å². The van der Waals surface area contributed by atoms with E-state index in [4.69, 9.17) is 28.9 Å². The van der Waals surface area contributed by atoms with Crippen LogP contribution in [0, 0.1) is 0 Å². The van der Waals surface area contributed by atoms with E-state index in [2.05, 4.69) is 5.32 Å². The lowest BCUT2D eigenvalue weighted by Crippen LogP contribution is -2.56. The van der Waals surface area contributed by atoms with Crippen molar-refractivity contribution in [2.75, 3.05) is 5.32 Å². The molecule has 0 aliphatic heterocycles. The summed E-state index contributed by atoms with van der Waals surface area (Å²) in [6.07, 6.45) is 2.43. The lowest BCUT2D eigenvalue weighted by Gasteiger charge is -2.36. The van der Waals surface area contributed by atoms with Gasteiger partial charge in [-0.1, -0.05) is 29.3 Å². The summed E-state index contributed by atoms with van der Waals surface area (Å²) in [5.41, 5.74) is 5.67. The van der Waals surface area contributed by atoms with Crippen molar-refractivity contribution in [2.24, 2.45) is 5.73 Å². The van der Waals surface area contributed by atoms with Crippen molar-refractivity contribution in [2.45, 2.75) is 24.8 Å². The summed E-state index contributed by atoms with van der Waals surface area (Å²) in [5.74, 6) is -0.192. The molecule has 0 aromatic heterocycles. The second-order valence-corrected chi connectivity index (χ2v) is 4.85. The first-order chi connectivity index (χ1) is 7.53. The monoisotopic (exact) mass is 258 g/mol. The summed E-state index contributed by atoms with van der Waals surface area (Å²) in [7, 11) is 0. The molecule has 0 saturated heterocycles. The highest BCUT2D eigenvalue weighted by atomic mass is 35.5. The Bertz CT molecular complexity index is 430. The van der Waals surface area contributed by atoms with Gasteiger partial charge in [0.25, 0.3) is 0 Å². The maximum Gasteiger partial charge on any atom is 0.244 e. The van der Waals surface area contributed by atoms with Crippen molar-refractivity contribution >= 4 is 34.8 Å². The van der Waals surface area contributed by atoms with Crippen LogP contribution in [0.4, 0.5) is 5.69 Å². The van der Waals surface area contributed by atoms with Crippen LogP contribution in [-0.4, -0.2) is 11.4 Å². The zero-order valence-corrected chi connectivity index (χ0v) is 10.1. The van der Waals surface area contributed by atoms with Crippen LogP contribution in [-0.2, 0) is 4.79 Å². The minimum Gasteiger partial charge on any atom is -0.323 e. The molecule has 0 spiro atoms. The molecule has 0 radical (unpaired) electrons. The number of anilines is 1. The van der Waals surface area contributed by atoms with Gasteiger partial charge < -0.3 is 11.1 Å². The number of amides is 1. The first-order valence-corrected chi connectivity index (χ1v) is 5.83. The summed E-state index contributed by atoms with van der Waals surface area (Å²) in [6, 6.07) is 5.10. The Balaban J connectivity index is 2.15. The fourth-order valence-electron chi connectivity index (χ4n) is 1.63. The van der Waals surface area contributed by atoms with E-state index in [1.54, 1.807) is 18.2 Å². The molecule has 0 atom stereocenters. The van der Waals surface area contributed by atoms with Crippen molar-refractivity contribution in [1.82, 2.24) is 0 Å². The molecule has 86 valence electrons. The number of rotatable bonds is 2. The van der Waals surface area contributed by atoms with E-state index in [0.717, 1.165) is 19.3 Å². The van der Waals surface area contributed by atoms with Gasteiger partial charge >= 0.3 is 0 Å². The molecule has 1 aliphatic carbocycles. The number of nitrogens with two attached hydrogens (primary N) is 1. The molecule has 1 fully saturated rings. The second kappa shape index (κ2) is 4.24. The van der Waals surface area contributed by atoms with Gasteiger partial charge in [-0.3, -0.25) is 4.79 Å². The van der Waals surface area contributed by atoms with Crippen LogP contribution in [0.15, 0.2) is 18.2 Å². The predicted molar refractivity (Wildman–Crippen MR) is 65.9 cm³/mol. The predicted octanol–water partition coefficient (Wildman–Crippen LogP) is 2.81. The molecule has 2 rings (SSSR count). The molecule has 5 heteroatoms. The number of nitrogens with one attached hydrogen (secondary N) is 1. The van der Waals surface area contributed by atoms with E-state index in [1.165, 1.54) is 0 Å². The van der Waals surface area contributed by atoms with Gasteiger partial charge in [0.1, 0.15) is 0 Å². The minimum atomic E-state index is -0.731. The van der Waals surface area contributed by atoms with Gasteiger partial charge in [-0.15, -0.1) is 0 Å². The van der Waals surface area contributed by atoms with Gasteiger partial charge in [-0.05, 0) is 31.4 Å². The third-order valence-electron chi connectivity index (χ3n) is 2.90. The molecule has 0 bridgehead atoms. The lowest BCUT2D eigenvalue weighted by molar-refractivity contribution is -0.123. The summed E-state index contributed by atoms with van der Waals surface area (Å²) in [5, 5.41) is 3.48. The van der Waals surface area contributed by atoms with Crippen molar-refractivity contribution in [3.8, 4) is 0 Å². The number of hydrogen-bond acceptors (Lipinski definition) is 2. The van der Waals surface area contributed by atoms with Crippen molar-refractivity contribution in [1.29, 1.82) is 0 Å². The average Bonchev–Trinajstić information content (AvgIpc) is 2.21. The standard InChI is InChI=1S/C11H12Cl2N2O/c12-7-3-1-4-8(9(7)13)15-10(16)11(14)5-2-6-11/h1,3-4H,2,5-6,14H2,(H,15,16). The van der Waals surface area contributed by atoms with E-state index in [9.17, 15) is 4.79 Å². The Kier molecular flexibility index (Phi) is 3.10. The van der Waals surface area contributed by atoms with Crippen molar-refractivity contribution in [3.05, 3.63) is 28.2 Å². The van der Waals surface area contributed by atoms with Gasteiger partial charge in [-0.25, -0.2) is 0 Å². The molecule has 3 nitrogen and oxygen atoms in total. The maximum absolute atomic E-state index is 11.8. The normalized spacial score (nSPS) is 17.7. The number of hydrogen-bond donors (Lipinski definition) is 2. The number of benzene rings is 1. The smallest absolute Gasteiger partial charge is 0.244 e. The van der Waals surface area contributed by atoms with E-state index < -0.39 is 5.54 Å². The SMILES string of the molecule is NC1(C(=O)Nc2cccc(Cl)c2Cl)CCC1. The molecule has 16 heavy (non-hydrogen) atoms. The number of halogens is 2. The summed E-state index contributed by atoms with van der Waals surface area (Å²) in [4.78, 5) is 11.8. The highest BCUT2D eigenvalue weighted by Crippen LogP contribution is 2.33. The Hall–Kier alpha value is -0.770. The minimum absolute atomic E-state index is 0.192. The summed E-state index contributed by atoms with van der Waals surface area (Å²) < 4.78 is 0. The molecule has 1 aliphatic rings. The summed E-state index contributed by atoms with van der Waals surface area (Å²) in [6.45, 7) is 0. The molecule has 1 amide bonds.